The molecular weight excluding hydrogens is 198 g/mol. The van der Waals surface area contributed by atoms with Crippen molar-refractivity contribution < 1.29 is 4.74 Å². The average Bonchev–Trinajstić information content (AvgIpc) is 2.31. The summed E-state index contributed by atoms with van der Waals surface area (Å²) in [4.78, 5) is 0. The third-order valence-electron chi connectivity index (χ3n) is 4.41. The first-order valence-corrected chi connectivity index (χ1v) is 7.21. The van der Waals surface area contributed by atoms with Crippen molar-refractivity contribution in [2.75, 3.05) is 6.54 Å². The van der Waals surface area contributed by atoms with E-state index in [-0.39, 0.29) is 5.72 Å². The summed E-state index contributed by atoms with van der Waals surface area (Å²) in [6.07, 6.45) is 10.7. The van der Waals surface area contributed by atoms with Gasteiger partial charge in [-0.05, 0) is 44.4 Å². The fourth-order valence-electron chi connectivity index (χ4n) is 3.25. The molecule has 1 unspecified atom stereocenters. The third-order valence-corrected chi connectivity index (χ3v) is 4.41. The second-order valence-electron chi connectivity index (χ2n) is 5.59. The van der Waals surface area contributed by atoms with Gasteiger partial charge in [-0.15, -0.1) is 0 Å². The van der Waals surface area contributed by atoms with Gasteiger partial charge in [0.25, 0.3) is 0 Å². The van der Waals surface area contributed by atoms with Crippen molar-refractivity contribution in [1.29, 1.82) is 0 Å². The lowest BCUT2D eigenvalue weighted by Crippen LogP contribution is -2.56. The summed E-state index contributed by atoms with van der Waals surface area (Å²) in [6, 6.07) is 0. The van der Waals surface area contributed by atoms with Crippen molar-refractivity contribution in [3.8, 4) is 0 Å². The standard InChI is InChI=1S/C14H27NO/c1-3-5-13-8-11-15-14(16-13)9-6-12(4-2)7-10-14/h12-13,15H,3-11H2,1-2H3. The van der Waals surface area contributed by atoms with Crippen LogP contribution in [0.25, 0.3) is 0 Å². The average molecular weight is 225 g/mol. The molecule has 1 aliphatic carbocycles. The van der Waals surface area contributed by atoms with Gasteiger partial charge in [0.2, 0.25) is 0 Å². The summed E-state index contributed by atoms with van der Waals surface area (Å²) in [7, 11) is 0. The SMILES string of the molecule is CCCC1CCNC2(CCC(CC)CC2)O1. The number of nitrogens with one attached hydrogen (secondary N) is 1. The van der Waals surface area contributed by atoms with Crippen LogP contribution in [0.1, 0.15) is 65.2 Å². The summed E-state index contributed by atoms with van der Waals surface area (Å²) in [6.45, 7) is 5.73. The Morgan fingerprint density at radius 2 is 1.94 bits per heavy atom. The Kier molecular flexibility index (Phi) is 4.26. The van der Waals surface area contributed by atoms with E-state index >= 15 is 0 Å². The van der Waals surface area contributed by atoms with Crippen molar-refractivity contribution >= 4 is 0 Å². The molecule has 1 N–H and O–H groups in total. The van der Waals surface area contributed by atoms with E-state index in [1.54, 1.807) is 0 Å². The van der Waals surface area contributed by atoms with Crippen molar-refractivity contribution in [3.05, 3.63) is 0 Å². The zero-order valence-corrected chi connectivity index (χ0v) is 10.9. The largest absolute Gasteiger partial charge is 0.357 e. The quantitative estimate of drug-likeness (QED) is 0.794. The van der Waals surface area contributed by atoms with Gasteiger partial charge >= 0.3 is 0 Å². The molecule has 0 bridgehead atoms. The molecule has 0 amide bonds. The van der Waals surface area contributed by atoms with Gasteiger partial charge in [0.1, 0.15) is 5.72 Å². The fourth-order valence-corrected chi connectivity index (χ4v) is 3.25. The monoisotopic (exact) mass is 225 g/mol. The molecule has 94 valence electrons. The lowest BCUT2D eigenvalue weighted by molar-refractivity contribution is -0.165. The van der Waals surface area contributed by atoms with Gasteiger partial charge in [-0.25, -0.2) is 0 Å². The first kappa shape index (κ1) is 12.4. The van der Waals surface area contributed by atoms with Crippen molar-refractivity contribution in [3.63, 3.8) is 0 Å². The molecule has 2 heteroatoms. The minimum atomic E-state index is 0.0593. The second kappa shape index (κ2) is 5.50. The Morgan fingerprint density at radius 1 is 1.19 bits per heavy atom. The molecule has 2 fully saturated rings. The number of rotatable bonds is 3. The maximum atomic E-state index is 6.34. The third kappa shape index (κ3) is 2.78. The highest BCUT2D eigenvalue weighted by Gasteiger charge is 2.39. The molecule has 0 radical (unpaired) electrons. The van der Waals surface area contributed by atoms with Crippen LogP contribution in [-0.4, -0.2) is 18.4 Å². The van der Waals surface area contributed by atoms with Crippen LogP contribution < -0.4 is 5.32 Å². The highest BCUT2D eigenvalue weighted by Crippen LogP contribution is 2.37. The first-order valence-electron chi connectivity index (χ1n) is 7.21. The van der Waals surface area contributed by atoms with Gasteiger partial charge in [0, 0.05) is 6.54 Å². The van der Waals surface area contributed by atoms with Crippen molar-refractivity contribution in [2.24, 2.45) is 5.92 Å². The van der Waals surface area contributed by atoms with E-state index < -0.39 is 0 Å². The topological polar surface area (TPSA) is 21.3 Å². The molecule has 2 aliphatic rings. The molecule has 1 saturated heterocycles. The fraction of sp³-hybridized carbons (Fsp3) is 1.00. The van der Waals surface area contributed by atoms with Crippen LogP contribution in [0.5, 0.6) is 0 Å². The van der Waals surface area contributed by atoms with Gasteiger partial charge in [0.15, 0.2) is 0 Å². The molecule has 0 aromatic carbocycles. The van der Waals surface area contributed by atoms with Crippen molar-refractivity contribution in [1.82, 2.24) is 5.32 Å². The van der Waals surface area contributed by atoms with E-state index in [2.05, 4.69) is 19.2 Å². The maximum Gasteiger partial charge on any atom is 0.119 e. The predicted octanol–water partition coefficient (Wildman–Crippen LogP) is 3.46. The van der Waals surface area contributed by atoms with E-state index in [4.69, 9.17) is 4.74 Å². The Morgan fingerprint density at radius 3 is 2.56 bits per heavy atom. The molecule has 16 heavy (non-hydrogen) atoms. The molecular formula is C14H27NO. The zero-order valence-electron chi connectivity index (χ0n) is 10.9. The van der Waals surface area contributed by atoms with Gasteiger partial charge in [-0.1, -0.05) is 26.7 Å². The highest BCUT2D eigenvalue weighted by molar-refractivity contribution is 4.89. The molecule has 0 aromatic rings. The Labute approximate surface area is 100 Å². The molecule has 1 aliphatic heterocycles. The normalized spacial score (nSPS) is 40.1. The summed E-state index contributed by atoms with van der Waals surface area (Å²) in [5.41, 5.74) is 0.0593. The van der Waals surface area contributed by atoms with Crippen molar-refractivity contribution in [2.45, 2.75) is 77.0 Å². The van der Waals surface area contributed by atoms with Crippen LogP contribution in [0.15, 0.2) is 0 Å². The smallest absolute Gasteiger partial charge is 0.119 e. The summed E-state index contributed by atoms with van der Waals surface area (Å²) >= 11 is 0. The van der Waals surface area contributed by atoms with E-state index in [0.717, 1.165) is 12.5 Å². The molecule has 0 aromatic heterocycles. The molecule has 2 rings (SSSR count). The van der Waals surface area contributed by atoms with Crippen LogP contribution in [0.3, 0.4) is 0 Å². The maximum absolute atomic E-state index is 6.34. The van der Waals surface area contributed by atoms with Crippen LogP contribution in [0, 0.1) is 5.92 Å². The minimum Gasteiger partial charge on any atom is -0.357 e. The minimum absolute atomic E-state index is 0.0593. The van der Waals surface area contributed by atoms with Crippen LogP contribution in [-0.2, 0) is 4.74 Å². The van der Waals surface area contributed by atoms with Crippen LogP contribution in [0.4, 0.5) is 0 Å². The predicted molar refractivity (Wildman–Crippen MR) is 67.4 cm³/mol. The lowest BCUT2D eigenvalue weighted by Gasteiger charge is -2.46. The van der Waals surface area contributed by atoms with Gasteiger partial charge in [0.05, 0.1) is 6.10 Å². The van der Waals surface area contributed by atoms with Crippen LogP contribution >= 0.6 is 0 Å². The number of hydrogen-bond donors (Lipinski definition) is 1. The molecule has 1 saturated carbocycles. The Balaban J connectivity index is 1.88. The summed E-state index contributed by atoms with van der Waals surface area (Å²) < 4.78 is 6.34. The van der Waals surface area contributed by atoms with Gasteiger partial charge < -0.3 is 4.74 Å². The molecule has 2 nitrogen and oxygen atoms in total. The molecule has 1 heterocycles. The summed E-state index contributed by atoms with van der Waals surface area (Å²) in [5, 5.41) is 3.65. The van der Waals surface area contributed by atoms with Gasteiger partial charge in [-0.3, -0.25) is 5.32 Å². The van der Waals surface area contributed by atoms with E-state index in [1.807, 2.05) is 0 Å². The summed E-state index contributed by atoms with van der Waals surface area (Å²) in [5.74, 6) is 0.947. The molecule has 1 spiro atoms. The zero-order chi connectivity index (χ0) is 11.4. The second-order valence-corrected chi connectivity index (χ2v) is 5.59. The van der Waals surface area contributed by atoms with Gasteiger partial charge in [-0.2, -0.15) is 0 Å². The van der Waals surface area contributed by atoms with E-state index in [1.165, 1.54) is 51.4 Å². The highest BCUT2D eigenvalue weighted by atomic mass is 16.5. The number of hydrogen-bond acceptors (Lipinski definition) is 2. The Hall–Kier alpha value is -0.0800. The number of ether oxygens (including phenoxy) is 1. The van der Waals surface area contributed by atoms with Crippen LogP contribution in [0.2, 0.25) is 0 Å². The van der Waals surface area contributed by atoms with E-state index in [0.29, 0.717) is 6.10 Å². The van der Waals surface area contributed by atoms with E-state index in [9.17, 15) is 0 Å². The Bertz CT molecular complexity index is 207. The first-order chi connectivity index (χ1) is 7.78. The lowest BCUT2D eigenvalue weighted by atomic mass is 9.81. The molecule has 1 atom stereocenters.